The Balaban J connectivity index is 1.75. The van der Waals surface area contributed by atoms with Gasteiger partial charge in [0.15, 0.2) is 0 Å². The molecule has 1 saturated heterocycles. The Kier molecular flexibility index (Phi) is 14.3. The van der Waals surface area contributed by atoms with Crippen LogP contribution in [0.1, 0.15) is 84.0 Å². The number of hydrogen-bond donors (Lipinski definition) is 3. The van der Waals surface area contributed by atoms with Crippen molar-refractivity contribution in [2.24, 2.45) is 0 Å². The molecule has 1 heterocycles. The highest BCUT2D eigenvalue weighted by molar-refractivity contribution is 4.90. The number of aliphatic hydroxyl groups excluding tert-OH is 2. The zero-order valence-corrected chi connectivity index (χ0v) is 16.3. The van der Waals surface area contributed by atoms with Gasteiger partial charge in [0.05, 0.1) is 24.9 Å². The summed E-state index contributed by atoms with van der Waals surface area (Å²) in [5.41, 5.74) is 0. The van der Waals surface area contributed by atoms with Crippen molar-refractivity contribution >= 4 is 0 Å². The molecule has 1 rings (SSSR count). The summed E-state index contributed by atoms with van der Waals surface area (Å²) in [5, 5.41) is 22.2. The predicted molar refractivity (Wildman–Crippen MR) is 105 cm³/mol. The summed E-state index contributed by atoms with van der Waals surface area (Å²) in [4.78, 5) is 0. The van der Waals surface area contributed by atoms with Gasteiger partial charge in [0, 0.05) is 13.2 Å². The molecule has 1 aliphatic heterocycles. The molecule has 148 valence electrons. The van der Waals surface area contributed by atoms with Gasteiger partial charge in [0.2, 0.25) is 0 Å². The molecule has 3 atom stereocenters. The second kappa shape index (κ2) is 15.8. The lowest BCUT2D eigenvalue weighted by molar-refractivity contribution is 0.0148. The molecule has 0 spiro atoms. The first-order valence-corrected chi connectivity index (χ1v) is 10.6. The van der Waals surface area contributed by atoms with Crippen LogP contribution in [0.2, 0.25) is 0 Å². The maximum atomic E-state index is 9.69. The highest BCUT2D eigenvalue weighted by Crippen LogP contribution is 2.10. The Labute approximate surface area is 155 Å². The number of allylic oxidation sites excluding steroid dienone is 2. The van der Waals surface area contributed by atoms with Crippen LogP contribution in [0.4, 0.5) is 0 Å². The molecule has 1 fully saturated rings. The van der Waals surface area contributed by atoms with E-state index in [1.54, 1.807) is 0 Å². The van der Waals surface area contributed by atoms with Crippen molar-refractivity contribution in [3.8, 4) is 0 Å². The molecule has 0 aliphatic carbocycles. The Morgan fingerprint density at radius 1 is 0.880 bits per heavy atom. The van der Waals surface area contributed by atoms with Crippen molar-refractivity contribution in [1.29, 1.82) is 0 Å². The van der Waals surface area contributed by atoms with Crippen LogP contribution in [-0.4, -0.2) is 48.2 Å². The number of aliphatic hydroxyl groups is 2. The number of rotatable bonds is 16. The van der Waals surface area contributed by atoms with Gasteiger partial charge < -0.3 is 20.3 Å². The van der Waals surface area contributed by atoms with E-state index in [0.29, 0.717) is 13.2 Å². The number of unbranched alkanes of at least 4 members (excludes halogenated alkanes) is 10. The van der Waals surface area contributed by atoms with Gasteiger partial charge in [-0.15, -0.1) is 0 Å². The summed E-state index contributed by atoms with van der Waals surface area (Å²) in [5.74, 6) is 0. The van der Waals surface area contributed by atoms with Crippen LogP contribution in [-0.2, 0) is 4.74 Å². The van der Waals surface area contributed by atoms with Crippen LogP contribution < -0.4 is 5.32 Å². The second-order valence-electron chi connectivity index (χ2n) is 7.38. The first kappa shape index (κ1) is 22.6. The van der Waals surface area contributed by atoms with Crippen LogP contribution in [0.25, 0.3) is 0 Å². The third kappa shape index (κ3) is 11.7. The van der Waals surface area contributed by atoms with Crippen molar-refractivity contribution in [3.05, 3.63) is 12.2 Å². The van der Waals surface area contributed by atoms with Gasteiger partial charge in [-0.05, 0) is 32.1 Å². The van der Waals surface area contributed by atoms with Crippen molar-refractivity contribution in [3.63, 3.8) is 0 Å². The highest BCUT2D eigenvalue weighted by atomic mass is 16.5. The van der Waals surface area contributed by atoms with E-state index in [2.05, 4.69) is 24.4 Å². The molecule has 4 nitrogen and oxygen atoms in total. The maximum absolute atomic E-state index is 9.69. The van der Waals surface area contributed by atoms with Crippen LogP contribution in [0.3, 0.4) is 0 Å². The van der Waals surface area contributed by atoms with E-state index in [-0.39, 0.29) is 6.04 Å². The van der Waals surface area contributed by atoms with Crippen molar-refractivity contribution in [2.45, 2.75) is 102 Å². The van der Waals surface area contributed by atoms with E-state index in [4.69, 9.17) is 4.74 Å². The molecule has 3 N–H and O–H groups in total. The number of ether oxygens (including phenoxy) is 1. The summed E-state index contributed by atoms with van der Waals surface area (Å²) in [6.45, 7) is 3.96. The maximum Gasteiger partial charge on any atom is 0.0986 e. The van der Waals surface area contributed by atoms with E-state index in [1.807, 2.05) is 0 Å². The van der Waals surface area contributed by atoms with E-state index in [1.165, 1.54) is 70.6 Å². The quantitative estimate of drug-likeness (QED) is 0.290. The second-order valence-corrected chi connectivity index (χ2v) is 7.38. The molecule has 0 aromatic carbocycles. The first-order chi connectivity index (χ1) is 12.3. The zero-order valence-electron chi connectivity index (χ0n) is 16.3. The Hall–Kier alpha value is -0.420. The van der Waals surface area contributed by atoms with Gasteiger partial charge in [0.1, 0.15) is 0 Å². The van der Waals surface area contributed by atoms with E-state index in [0.717, 1.165) is 13.0 Å². The van der Waals surface area contributed by atoms with Crippen molar-refractivity contribution in [1.82, 2.24) is 5.32 Å². The molecule has 0 unspecified atom stereocenters. The van der Waals surface area contributed by atoms with Crippen LogP contribution in [0.5, 0.6) is 0 Å². The van der Waals surface area contributed by atoms with E-state index < -0.39 is 12.2 Å². The molecular formula is C21H41NO3. The minimum atomic E-state index is -0.689. The van der Waals surface area contributed by atoms with Crippen molar-refractivity contribution in [2.75, 3.05) is 19.8 Å². The molecular weight excluding hydrogens is 314 g/mol. The fourth-order valence-electron chi connectivity index (χ4n) is 3.25. The fraction of sp³-hybridized carbons (Fsp3) is 0.905. The molecule has 0 aromatic rings. The lowest BCUT2D eigenvalue weighted by atomic mass is 10.1. The van der Waals surface area contributed by atoms with Crippen LogP contribution in [0, 0.1) is 0 Å². The Morgan fingerprint density at radius 2 is 1.48 bits per heavy atom. The lowest BCUT2D eigenvalue weighted by Crippen LogP contribution is -2.37. The SMILES string of the molecule is CCCCCC/C=C\CCCCCCCCOC[C@H]1NC[C@H](O)[C@@H]1O. The van der Waals surface area contributed by atoms with Gasteiger partial charge >= 0.3 is 0 Å². The average molecular weight is 356 g/mol. The zero-order chi connectivity index (χ0) is 18.2. The minimum absolute atomic E-state index is 0.116. The van der Waals surface area contributed by atoms with Gasteiger partial charge in [-0.3, -0.25) is 0 Å². The monoisotopic (exact) mass is 355 g/mol. The normalized spacial score (nSPS) is 23.7. The number of nitrogens with one attached hydrogen (secondary N) is 1. The average Bonchev–Trinajstić information content (AvgIpc) is 2.93. The number of β-amino-alcohol motifs (C(OH)–C–C–N with tert-alkyl or cyclic N) is 1. The summed E-state index contributed by atoms with van der Waals surface area (Å²) < 4.78 is 5.60. The smallest absolute Gasteiger partial charge is 0.0986 e. The highest BCUT2D eigenvalue weighted by Gasteiger charge is 2.32. The summed E-state index contributed by atoms with van der Waals surface area (Å²) >= 11 is 0. The topological polar surface area (TPSA) is 61.7 Å². The molecule has 1 aliphatic rings. The van der Waals surface area contributed by atoms with Gasteiger partial charge in [0.25, 0.3) is 0 Å². The Morgan fingerprint density at radius 3 is 2.08 bits per heavy atom. The molecule has 0 bridgehead atoms. The van der Waals surface area contributed by atoms with Crippen molar-refractivity contribution < 1.29 is 14.9 Å². The summed E-state index contributed by atoms with van der Waals surface area (Å²) in [7, 11) is 0. The van der Waals surface area contributed by atoms with Crippen LogP contribution >= 0.6 is 0 Å². The fourth-order valence-corrected chi connectivity index (χ4v) is 3.25. The Bertz CT molecular complexity index is 322. The summed E-state index contributed by atoms with van der Waals surface area (Å²) in [6.07, 6.45) is 18.9. The molecule has 4 heteroatoms. The van der Waals surface area contributed by atoms with Gasteiger partial charge in [-0.2, -0.15) is 0 Å². The first-order valence-electron chi connectivity index (χ1n) is 10.6. The molecule has 0 amide bonds. The van der Waals surface area contributed by atoms with E-state index >= 15 is 0 Å². The molecule has 25 heavy (non-hydrogen) atoms. The van der Waals surface area contributed by atoms with Crippen LogP contribution in [0.15, 0.2) is 12.2 Å². The van der Waals surface area contributed by atoms with E-state index in [9.17, 15) is 10.2 Å². The molecule has 0 saturated carbocycles. The largest absolute Gasteiger partial charge is 0.389 e. The van der Waals surface area contributed by atoms with Gasteiger partial charge in [-0.1, -0.05) is 64.0 Å². The summed E-state index contributed by atoms with van der Waals surface area (Å²) in [6, 6.07) is -0.116. The predicted octanol–water partition coefficient (Wildman–Crippen LogP) is 3.95. The lowest BCUT2D eigenvalue weighted by Gasteiger charge is -2.15. The third-order valence-electron chi connectivity index (χ3n) is 4.99. The number of hydrogen-bond acceptors (Lipinski definition) is 4. The minimum Gasteiger partial charge on any atom is -0.389 e. The molecule has 0 radical (unpaired) electrons. The third-order valence-corrected chi connectivity index (χ3v) is 4.99. The van der Waals surface area contributed by atoms with Gasteiger partial charge in [-0.25, -0.2) is 0 Å². The standard InChI is InChI=1S/C21H41NO3/c1-2-3-4-5-6-7-8-9-10-11-12-13-14-15-16-25-18-19-21(24)20(23)17-22-19/h7-8,19-24H,2-6,9-18H2,1H3/b8-7-/t19-,20+,21-/m1/s1. The molecule has 0 aromatic heterocycles.